The summed E-state index contributed by atoms with van der Waals surface area (Å²) in [6.07, 6.45) is 3.51. The zero-order valence-electron chi connectivity index (χ0n) is 11.3. The van der Waals surface area contributed by atoms with E-state index in [2.05, 4.69) is 5.10 Å². The number of carbonyl (C=O) groups is 2. The van der Waals surface area contributed by atoms with Crippen LogP contribution in [-0.2, 0) is 11.8 Å². The highest BCUT2D eigenvalue weighted by Crippen LogP contribution is 2.13. The second kappa shape index (κ2) is 5.29. The molecule has 1 aliphatic rings. The summed E-state index contributed by atoms with van der Waals surface area (Å²) in [4.78, 5) is 27.4. The molecule has 0 radical (unpaired) electrons. The number of anilines is 1. The molecule has 0 bridgehead atoms. The number of rotatable bonds is 3. The van der Waals surface area contributed by atoms with E-state index in [4.69, 9.17) is 5.73 Å². The molecular formula is C12H19N5O2. The van der Waals surface area contributed by atoms with Gasteiger partial charge in [0, 0.05) is 27.2 Å². The van der Waals surface area contributed by atoms with Crippen molar-refractivity contribution in [3.8, 4) is 0 Å². The first kappa shape index (κ1) is 13.4. The van der Waals surface area contributed by atoms with E-state index >= 15 is 0 Å². The molecule has 2 heterocycles. The molecule has 1 fully saturated rings. The topological polar surface area (TPSA) is 84.5 Å². The summed E-state index contributed by atoms with van der Waals surface area (Å²) in [5.41, 5.74) is 6.35. The van der Waals surface area contributed by atoms with Crippen molar-refractivity contribution in [3.05, 3.63) is 11.9 Å². The number of aryl methyl sites for hydroxylation is 1. The molecule has 2 rings (SSSR count). The van der Waals surface area contributed by atoms with Crippen LogP contribution in [0.3, 0.4) is 0 Å². The van der Waals surface area contributed by atoms with Crippen LogP contribution < -0.4 is 5.73 Å². The van der Waals surface area contributed by atoms with Crippen molar-refractivity contribution < 1.29 is 9.59 Å². The molecule has 7 heteroatoms. The SMILES string of the molecule is CN(CC(=O)N1CCCC1)C(=O)c1c(N)cnn1C. The minimum atomic E-state index is -0.287. The minimum absolute atomic E-state index is 0.0194. The molecule has 0 aliphatic carbocycles. The van der Waals surface area contributed by atoms with E-state index in [1.165, 1.54) is 15.8 Å². The molecule has 0 unspecified atom stereocenters. The number of carbonyl (C=O) groups excluding carboxylic acids is 2. The van der Waals surface area contributed by atoms with Crippen LogP contribution in [0.1, 0.15) is 23.3 Å². The lowest BCUT2D eigenvalue weighted by molar-refractivity contribution is -0.130. The summed E-state index contributed by atoms with van der Waals surface area (Å²) < 4.78 is 1.43. The van der Waals surface area contributed by atoms with Gasteiger partial charge in [-0.15, -0.1) is 0 Å². The fourth-order valence-electron chi connectivity index (χ4n) is 2.24. The van der Waals surface area contributed by atoms with Crippen LogP contribution in [0.4, 0.5) is 5.69 Å². The van der Waals surface area contributed by atoms with Crippen LogP contribution in [0.25, 0.3) is 0 Å². The molecule has 7 nitrogen and oxygen atoms in total. The van der Waals surface area contributed by atoms with Crippen molar-refractivity contribution in [2.45, 2.75) is 12.8 Å². The van der Waals surface area contributed by atoms with Crippen molar-refractivity contribution in [1.82, 2.24) is 19.6 Å². The van der Waals surface area contributed by atoms with Gasteiger partial charge in [-0.05, 0) is 12.8 Å². The van der Waals surface area contributed by atoms with Crippen molar-refractivity contribution in [2.75, 3.05) is 32.4 Å². The normalized spacial score (nSPS) is 14.7. The zero-order chi connectivity index (χ0) is 14.0. The van der Waals surface area contributed by atoms with Crippen LogP contribution in [0.2, 0.25) is 0 Å². The Labute approximate surface area is 111 Å². The highest BCUT2D eigenvalue weighted by Gasteiger charge is 2.24. The predicted octanol–water partition coefficient (Wildman–Crippen LogP) is -0.303. The van der Waals surface area contributed by atoms with Crippen molar-refractivity contribution in [2.24, 2.45) is 7.05 Å². The number of likely N-dealkylation sites (N-methyl/N-ethyl adjacent to an activating group) is 1. The Bertz CT molecular complexity index is 471. The lowest BCUT2D eigenvalue weighted by atomic mass is 10.3. The number of hydrogen-bond donors (Lipinski definition) is 1. The first-order chi connectivity index (χ1) is 9.00. The first-order valence-corrected chi connectivity index (χ1v) is 6.31. The number of nitrogens with two attached hydrogens (primary N) is 1. The third-order valence-corrected chi connectivity index (χ3v) is 3.35. The maximum atomic E-state index is 12.2. The average Bonchev–Trinajstić information content (AvgIpc) is 2.99. The lowest BCUT2D eigenvalue weighted by Gasteiger charge is -2.21. The van der Waals surface area contributed by atoms with E-state index in [-0.39, 0.29) is 18.4 Å². The van der Waals surface area contributed by atoms with Gasteiger partial charge in [0.15, 0.2) is 0 Å². The number of hydrogen-bond acceptors (Lipinski definition) is 4. The highest BCUT2D eigenvalue weighted by molar-refractivity contribution is 5.98. The average molecular weight is 265 g/mol. The number of nitrogens with zero attached hydrogens (tertiary/aromatic N) is 4. The summed E-state index contributed by atoms with van der Waals surface area (Å²) in [6.45, 7) is 1.65. The van der Waals surface area contributed by atoms with Gasteiger partial charge in [0.25, 0.3) is 5.91 Å². The molecule has 0 atom stereocenters. The van der Waals surface area contributed by atoms with Gasteiger partial charge in [-0.3, -0.25) is 14.3 Å². The van der Waals surface area contributed by atoms with E-state index in [1.54, 1.807) is 19.0 Å². The summed E-state index contributed by atoms with van der Waals surface area (Å²) in [5, 5.41) is 3.93. The smallest absolute Gasteiger partial charge is 0.274 e. The molecule has 1 aliphatic heterocycles. The number of likely N-dealkylation sites (tertiary alicyclic amines) is 1. The van der Waals surface area contributed by atoms with Crippen molar-refractivity contribution in [3.63, 3.8) is 0 Å². The molecular weight excluding hydrogens is 246 g/mol. The van der Waals surface area contributed by atoms with E-state index in [1.807, 2.05) is 0 Å². The maximum Gasteiger partial charge on any atom is 0.274 e. The van der Waals surface area contributed by atoms with Crippen molar-refractivity contribution >= 4 is 17.5 Å². The molecule has 2 amide bonds. The van der Waals surface area contributed by atoms with Crippen LogP contribution in [0, 0.1) is 0 Å². The number of nitrogen functional groups attached to an aromatic ring is 1. The van der Waals surface area contributed by atoms with E-state index in [9.17, 15) is 9.59 Å². The largest absolute Gasteiger partial charge is 0.396 e. The third kappa shape index (κ3) is 2.69. The van der Waals surface area contributed by atoms with Gasteiger partial charge < -0.3 is 15.5 Å². The molecule has 0 spiro atoms. The quantitative estimate of drug-likeness (QED) is 0.813. The van der Waals surface area contributed by atoms with Gasteiger partial charge in [0.1, 0.15) is 5.69 Å². The summed E-state index contributed by atoms with van der Waals surface area (Å²) in [5.74, 6) is -0.306. The molecule has 19 heavy (non-hydrogen) atoms. The summed E-state index contributed by atoms with van der Waals surface area (Å²) >= 11 is 0. The zero-order valence-corrected chi connectivity index (χ0v) is 11.3. The second-order valence-corrected chi connectivity index (χ2v) is 4.82. The van der Waals surface area contributed by atoms with E-state index < -0.39 is 0 Å². The van der Waals surface area contributed by atoms with Gasteiger partial charge in [-0.25, -0.2) is 0 Å². The summed E-state index contributed by atoms with van der Waals surface area (Å²) in [6, 6.07) is 0. The van der Waals surface area contributed by atoms with Crippen molar-refractivity contribution in [1.29, 1.82) is 0 Å². The highest BCUT2D eigenvalue weighted by atomic mass is 16.2. The van der Waals surface area contributed by atoms with Crippen LogP contribution >= 0.6 is 0 Å². The molecule has 2 N–H and O–H groups in total. The van der Waals surface area contributed by atoms with Crippen LogP contribution in [0.5, 0.6) is 0 Å². The second-order valence-electron chi connectivity index (χ2n) is 4.82. The standard InChI is InChI=1S/C12H19N5O2/c1-15(8-10(18)17-5-3-4-6-17)12(19)11-9(13)7-14-16(11)2/h7H,3-6,8,13H2,1-2H3. The molecule has 0 saturated carbocycles. The Balaban J connectivity index is 2.01. The predicted molar refractivity (Wildman–Crippen MR) is 70.4 cm³/mol. The molecule has 1 saturated heterocycles. The lowest BCUT2D eigenvalue weighted by Crippen LogP contribution is -2.40. The van der Waals surface area contributed by atoms with Gasteiger partial charge in [0.05, 0.1) is 18.4 Å². The van der Waals surface area contributed by atoms with Crippen LogP contribution in [0.15, 0.2) is 6.20 Å². The van der Waals surface area contributed by atoms with Gasteiger partial charge in [0.2, 0.25) is 5.91 Å². The Hall–Kier alpha value is -2.05. The molecule has 104 valence electrons. The fourth-order valence-corrected chi connectivity index (χ4v) is 2.24. The Morgan fingerprint density at radius 2 is 2.05 bits per heavy atom. The number of aromatic nitrogens is 2. The van der Waals surface area contributed by atoms with Crippen LogP contribution in [-0.4, -0.2) is 58.1 Å². The Morgan fingerprint density at radius 1 is 1.42 bits per heavy atom. The first-order valence-electron chi connectivity index (χ1n) is 6.31. The Morgan fingerprint density at radius 3 is 2.58 bits per heavy atom. The van der Waals surface area contributed by atoms with Gasteiger partial charge >= 0.3 is 0 Å². The summed E-state index contributed by atoms with van der Waals surface area (Å²) in [7, 11) is 3.25. The molecule has 0 aromatic carbocycles. The third-order valence-electron chi connectivity index (χ3n) is 3.35. The maximum absolute atomic E-state index is 12.2. The fraction of sp³-hybridized carbons (Fsp3) is 0.583. The Kier molecular flexibility index (Phi) is 3.73. The van der Waals surface area contributed by atoms with E-state index in [0.29, 0.717) is 11.4 Å². The number of amides is 2. The molecule has 1 aromatic heterocycles. The van der Waals surface area contributed by atoms with E-state index in [0.717, 1.165) is 25.9 Å². The van der Waals surface area contributed by atoms with Gasteiger partial charge in [-0.2, -0.15) is 5.10 Å². The molecule has 1 aromatic rings. The monoisotopic (exact) mass is 265 g/mol. The minimum Gasteiger partial charge on any atom is -0.396 e. The van der Waals surface area contributed by atoms with Gasteiger partial charge in [-0.1, -0.05) is 0 Å².